The van der Waals surface area contributed by atoms with E-state index in [1.165, 1.54) is 0 Å². The highest BCUT2D eigenvalue weighted by Crippen LogP contribution is 2.65. The summed E-state index contributed by atoms with van der Waals surface area (Å²) in [5, 5.41) is 8.87. The normalized spacial score (nSPS) is 44.6. The molecule has 0 aliphatic heterocycles. The molecule has 2 rings (SSSR count). The van der Waals surface area contributed by atoms with E-state index in [1.807, 2.05) is 0 Å². The fourth-order valence-corrected chi connectivity index (χ4v) is 3.49. The number of hydrogen-bond acceptors (Lipinski definition) is 2. The van der Waals surface area contributed by atoms with Gasteiger partial charge in [-0.1, -0.05) is 19.1 Å². The molecule has 0 bridgehead atoms. The van der Waals surface area contributed by atoms with Gasteiger partial charge in [0.1, 0.15) is 0 Å². The van der Waals surface area contributed by atoms with Crippen molar-refractivity contribution in [1.82, 2.24) is 0 Å². The van der Waals surface area contributed by atoms with Gasteiger partial charge >= 0.3 is 5.97 Å². The molecule has 0 heterocycles. The van der Waals surface area contributed by atoms with Crippen LogP contribution in [0.1, 0.15) is 26.2 Å². The largest absolute Gasteiger partial charge is 0.481 e. The quantitative estimate of drug-likeness (QED) is 0.669. The molecule has 14 heavy (non-hydrogen) atoms. The van der Waals surface area contributed by atoms with Crippen molar-refractivity contribution in [3.8, 4) is 0 Å². The third-order valence-electron chi connectivity index (χ3n) is 3.99. The Balaban J connectivity index is 2.17. The third kappa shape index (κ3) is 1.12. The molecule has 0 spiro atoms. The average molecular weight is 195 g/mol. The predicted octanol–water partition coefficient (Wildman–Crippen LogP) is 1.39. The summed E-state index contributed by atoms with van der Waals surface area (Å²) in [4.78, 5) is 10.8. The Morgan fingerprint density at radius 3 is 2.93 bits per heavy atom. The minimum absolute atomic E-state index is 0.159. The Bertz CT molecular complexity index is 300. The number of carbonyl (C=O) groups is 1. The lowest BCUT2D eigenvalue weighted by atomic mass is 9.46. The highest BCUT2D eigenvalue weighted by Gasteiger charge is 2.60. The number of carboxylic acid groups (broad SMARTS) is 1. The van der Waals surface area contributed by atoms with Crippen LogP contribution in [0, 0.1) is 16.7 Å². The van der Waals surface area contributed by atoms with Crippen molar-refractivity contribution in [2.24, 2.45) is 22.5 Å². The molecule has 78 valence electrons. The lowest BCUT2D eigenvalue weighted by Gasteiger charge is -2.58. The summed E-state index contributed by atoms with van der Waals surface area (Å²) in [6.07, 6.45) is 6.59. The molecule has 1 saturated carbocycles. The first-order chi connectivity index (χ1) is 6.52. The first-order valence-electron chi connectivity index (χ1n) is 5.11. The summed E-state index contributed by atoms with van der Waals surface area (Å²) in [6.45, 7) is 2.72. The van der Waals surface area contributed by atoms with E-state index in [1.54, 1.807) is 0 Å². The van der Waals surface area contributed by atoms with Gasteiger partial charge in [0.25, 0.3) is 0 Å². The number of rotatable bonds is 3. The van der Waals surface area contributed by atoms with E-state index in [4.69, 9.17) is 10.8 Å². The fourth-order valence-electron chi connectivity index (χ4n) is 3.49. The molecule has 3 nitrogen and oxygen atoms in total. The van der Waals surface area contributed by atoms with Crippen LogP contribution in [0.15, 0.2) is 12.2 Å². The number of fused-ring (bicyclic) bond motifs is 1. The number of allylic oxidation sites excluding steroid dienone is 2. The SMILES string of the molecule is C[C@@]12CC=C[C@H]1[C@](CN)(CC(=O)O)C2. The van der Waals surface area contributed by atoms with Gasteiger partial charge < -0.3 is 10.8 Å². The molecule has 2 aliphatic rings. The van der Waals surface area contributed by atoms with Gasteiger partial charge in [-0.2, -0.15) is 0 Å². The second-order valence-electron chi connectivity index (χ2n) is 5.08. The van der Waals surface area contributed by atoms with Crippen molar-refractivity contribution in [3.63, 3.8) is 0 Å². The summed E-state index contributed by atoms with van der Waals surface area (Å²) in [5.41, 5.74) is 5.88. The highest BCUT2D eigenvalue weighted by molar-refractivity contribution is 5.68. The standard InChI is InChI=1S/C11H17NO2/c1-10-4-2-3-8(10)11(6-10,7-12)5-9(13)14/h2-3,8H,4-7,12H2,1H3,(H,13,14)/t8-,10+,11-/m1/s1. The summed E-state index contributed by atoms with van der Waals surface area (Å²) in [7, 11) is 0. The molecule has 3 N–H and O–H groups in total. The molecule has 0 aromatic carbocycles. The number of carboxylic acids is 1. The van der Waals surface area contributed by atoms with Gasteiger partial charge in [0.2, 0.25) is 0 Å². The van der Waals surface area contributed by atoms with Crippen LogP contribution >= 0.6 is 0 Å². The summed E-state index contributed by atoms with van der Waals surface area (Å²) in [6, 6.07) is 0. The van der Waals surface area contributed by atoms with Crippen LogP contribution in [0.25, 0.3) is 0 Å². The number of hydrogen-bond donors (Lipinski definition) is 2. The fraction of sp³-hybridized carbons (Fsp3) is 0.727. The summed E-state index contributed by atoms with van der Waals surface area (Å²) >= 11 is 0. The van der Waals surface area contributed by atoms with E-state index in [0.29, 0.717) is 17.9 Å². The van der Waals surface area contributed by atoms with Crippen LogP contribution in [0.2, 0.25) is 0 Å². The molecule has 3 heteroatoms. The number of nitrogens with two attached hydrogens (primary N) is 1. The van der Waals surface area contributed by atoms with Gasteiger partial charge in [-0.15, -0.1) is 0 Å². The van der Waals surface area contributed by atoms with Gasteiger partial charge in [-0.3, -0.25) is 4.79 Å². The van der Waals surface area contributed by atoms with Crippen LogP contribution in [0.3, 0.4) is 0 Å². The Morgan fingerprint density at radius 2 is 2.43 bits per heavy atom. The van der Waals surface area contributed by atoms with Crippen LogP contribution in [-0.2, 0) is 4.79 Å². The Hall–Kier alpha value is -0.830. The van der Waals surface area contributed by atoms with Crippen LogP contribution < -0.4 is 5.73 Å². The van der Waals surface area contributed by atoms with Crippen molar-refractivity contribution in [2.45, 2.75) is 26.2 Å². The van der Waals surface area contributed by atoms with E-state index < -0.39 is 5.97 Å². The lowest BCUT2D eigenvalue weighted by Crippen LogP contribution is -2.56. The van der Waals surface area contributed by atoms with E-state index in [2.05, 4.69) is 19.1 Å². The molecular formula is C11H17NO2. The molecule has 0 aromatic rings. The zero-order valence-corrected chi connectivity index (χ0v) is 8.49. The second kappa shape index (κ2) is 2.83. The molecule has 0 radical (unpaired) electrons. The molecule has 0 saturated heterocycles. The molecule has 3 atom stereocenters. The Kier molecular flexibility index (Phi) is 1.96. The predicted molar refractivity (Wildman–Crippen MR) is 53.7 cm³/mol. The Morgan fingerprint density at radius 1 is 1.71 bits per heavy atom. The second-order valence-corrected chi connectivity index (χ2v) is 5.08. The zero-order chi connectivity index (χ0) is 10.4. The minimum Gasteiger partial charge on any atom is -0.481 e. The third-order valence-corrected chi connectivity index (χ3v) is 3.99. The number of aliphatic carboxylic acids is 1. The maximum absolute atomic E-state index is 10.8. The van der Waals surface area contributed by atoms with Gasteiger partial charge in [0.05, 0.1) is 6.42 Å². The zero-order valence-electron chi connectivity index (χ0n) is 8.49. The van der Waals surface area contributed by atoms with Gasteiger partial charge in [-0.05, 0) is 30.7 Å². The van der Waals surface area contributed by atoms with Crippen molar-refractivity contribution >= 4 is 5.97 Å². The molecule has 1 fully saturated rings. The maximum atomic E-state index is 10.8. The van der Waals surface area contributed by atoms with Crippen LogP contribution in [0.4, 0.5) is 0 Å². The van der Waals surface area contributed by atoms with Crippen molar-refractivity contribution in [3.05, 3.63) is 12.2 Å². The highest BCUT2D eigenvalue weighted by atomic mass is 16.4. The van der Waals surface area contributed by atoms with E-state index in [9.17, 15) is 4.79 Å². The Labute approximate surface area is 84.0 Å². The van der Waals surface area contributed by atoms with Crippen molar-refractivity contribution in [2.75, 3.05) is 6.54 Å². The van der Waals surface area contributed by atoms with Gasteiger partial charge in [0.15, 0.2) is 0 Å². The average Bonchev–Trinajstić information content (AvgIpc) is 2.39. The first kappa shape index (κ1) is 9.71. The van der Waals surface area contributed by atoms with Crippen LogP contribution in [-0.4, -0.2) is 17.6 Å². The molecule has 0 amide bonds. The monoisotopic (exact) mass is 195 g/mol. The summed E-state index contributed by atoms with van der Waals surface area (Å²) in [5.74, 6) is -0.339. The van der Waals surface area contributed by atoms with E-state index in [0.717, 1.165) is 12.8 Å². The molecule has 2 aliphatic carbocycles. The lowest BCUT2D eigenvalue weighted by molar-refractivity contribution is -0.149. The van der Waals surface area contributed by atoms with Gasteiger partial charge in [-0.25, -0.2) is 0 Å². The minimum atomic E-state index is -0.724. The van der Waals surface area contributed by atoms with Crippen molar-refractivity contribution < 1.29 is 9.90 Å². The van der Waals surface area contributed by atoms with Crippen molar-refractivity contribution in [1.29, 1.82) is 0 Å². The topological polar surface area (TPSA) is 63.3 Å². The smallest absolute Gasteiger partial charge is 0.303 e. The first-order valence-corrected chi connectivity index (χ1v) is 5.11. The van der Waals surface area contributed by atoms with Gasteiger partial charge in [0, 0.05) is 5.41 Å². The molecule has 0 aromatic heterocycles. The van der Waals surface area contributed by atoms with E-state index in [-0.39, 0.29) is 11.8 Å². The maximum Gasteiger partial charge on any atom is 0.303 e. The molecule has 0 unspecified atom stereocenters. The summed E-state index contributed by atoms with van der Waals surface area (Å²) < 4.78 is 0. The molecular weight excluding hydrogens is 178 g/mol. The van der Waals surface area contributed by atoms with Crippen LogP contribution in [0.5, 0.6) is 0 Å². The van der Waals surface area contributed by atoms with E-state index >= 15 is 0 Å².